The van der Waals surface area contributed by atoms with Gasteiger partial charge in [-0.25, -0.2) is 0 Å². The zero-order chi connectivity index (χ0) is 13.1. The van der Waals surface area contributed by atoms with Gasteiger partial charge in [0.1, 0.15) is 5.75 Å². The van der Waals surface area contributed by atoms with E-state index < -0.39 is 0 Å². The monoisotopic (exact) mass is 318 g/mol. The van der Waals surface area contributed by atoms with Crippen molar-refractivity contribution in [1.82, 2.24) is 0 Å². The van der Waals surface area contributed by atoms with E-state index in [1.807, 2.05) is 26.0 Å². The third-order valence-electron chi connectivity index (χ3n) is 2.61. The van der Waals surface area contributed by atoms with Gasteiger partial charge in [-0.05, 0) is 24.6 Å². The maximum atomic E-state index is 7.44. The third-order valence-corrected chi connectivity index (χ3v) is 3.40. The zero-order valence-electron chi connectivity index (χ0n) is 9.89. The number of halogens is 2. The van der Waals surface area contributed by atoms with E-state index in [2.05, 4.69) is 15.9 Å². The first-order valence-electron chi connectivity index (χ1n) is 5.25. The Morgan fingerprint density at radius 2 is 2.18 bits per heavy atom. The lowest BCUT2D eigenvalue weighted by atomic mass is 9.88. The van der Waals surface area contributed by atoms with Gasteiger partial charge in [-0.15, -0.1) is 0 Å². The summed E-state index contributed by atoms with van der Waals surface area (Å²) in [5.41, 5.74) is 5.15. The molecule has 0 saturated heterocycles. The molecule has 0 aromatic heterocycles. The standard InChI is InChI=1S/C12H16BrClN2O/c1-12(2,11(15)16)5-6-17-10-4-3-8(13)7-9(10)14/h3-4,7H,5-6H2,1-2H3,(H3,15,16). The fourth-order valence-corrected chi connectivity index (χ4v) is 1.87. The summed E-state index contributed by atoms with van der Waals surface area (Å²) in [5.74, 6) is 0.817. The molecule has 1 aromatic rings. The zero-order valence-corrected chi connectivity index (χ0v) is 12.2. The van der Waals surface area contributed by atoms with Gasteiger partial charge < -0.3 is 10.5 Å². The molecule has 17 heavy (non-hydrogen) atoms. The minimum absolute atomic E-state index is 0.169. The van der Waals surface area contributed by atoms with Crippen LogP contribution in [0.25, 0.3) is 0 Å². The highest BCUT2D eigenvalue weighted by Crippen LogP contribution is 2.28. The predicted molar refractivity (Wildman–Crippen MR) is 75.0 cm³/mol. The number of hydrogen-bond donors (Lipinski definition) is 2. The second-order valence-electron chi connectivity index (χ2n) is 4.47. The van der Waals surface area contributed by atoms with Crippen molar-refractivity contribution in [2.75, 3.05) is 6.61 Å². The SMILES string of the molecule is CC(C)(CCOc1ccc(Br)cc1Cl)C(=N)N. The molecular formula is C12H16BrClN2O. The van der Waals surface area contributed by atoms with Crippen LogP contribution >= 0.6 is 27.5 Å². The molecule has 0 spiro atoms. The van der Waals surface area contributed by atoms with Crippen molar-refractivity contribution < 1.29 is 4.74 Å². The van der Waals surface area contributed by atoms with Crippen LogP contribution in [0.1, 0.15) is 20.3 Å². The highest BCUT2D eigenvalue weighted by molar-refractivity contribution is 9.10. The first kappa shape index (κ1) is 14.3. The molecule has 3 N–H and O–H groups in total. The van der Waals surface area contributed by atoms with Crippen LogP contribution in [0.2, 0.25) is 5.02 Å². The van der Waals surface area contributed by atoms with Gasteiger partial charge in [-0.2, -0.15) is 0 Å². The normalized spacial score (nSPS) is 11.3. The Balaban J connectivity index is 2.54. The lowest BCUT2D eigenvalue weighted by Gasteiger charge is -2.22. The molecule has 0 bridgehead atoms. The molecule has 0 saturated carbocycles. The number of nitrogens with two attached hydrogens (primary N) is 1. The van der Waals surface area contributed by atoms with Crippen molar-refractivity contribution in [3.63, 3.8) is 0 Å². The molecule has 0 unspecified atom stereocenters. The summed E-state index contributed by atoms with van der Waals surface area (Å²) in [6.07, 6.45) is 0.675. The summed E-state index contributed by atoms with van der Waals surface area (Å²) in [4.78, 5) is 0. The largest absolute Gasteiger partial charge is 0.492 e. The predicted octanol–water partition coefficient (Wildman–Crippen LogP) is 3.83. The fraction of sp³-hybridized carbons (Fsp3) is 0.417. The van der Waals surface area contributed by atoms with E-state index in [1.165, 1.54) is 0 Å². The Labute approximate surface area is 115 Å². The Kier molecular flexibility index (Phi) is 4.83. The Morgan fingerprint density at radius 3 is 2.71 bits per heavy atom. The molecule has 3 nitrogen and oxygen atoms in total. The number of ether oxygens (including phenoxy) is 1. The van der Waals surface area contributed by atoms with Gasteiger partial charge in [-0.1, -0.05) is 41.4 Å². The summed E-state index contributed by atoms with van der Waals surface area (Å²) >= 11 is 9.35. The van der Waals surface area contributed by atoms with Crippen molar-refractivity contribution in [1.29, 1.82) is 5.41 Å². The molecule has 0 aliphatic carbocycles. The smallest absolute Gasteiger partial charge is 0.137 e. The van der Waals surface area contributed by atoms with E-state index in [0.29, 0.717) is 23.8 Å². The lowest BCUT2D eigenvalue weighted by Crippen LogP contribution is -2.32. The highest BCUT2D eigenvalue weighted by atomic mass is 79.9. The first-order chi connectivity index (χ1) is 7.83. The second kappa shape index (κ2) is 5.74. The second-order valence-corrected chi connectivity index (χ2v) is 5.79. The number of benzene rings is 1. The van der Waals surface area contributed by atoms with Crippen LogP contribution < -0.4 is 10.5 Å². The molecule has 0 aliphatic heterocycles. The van der Waals surface area contributed by atoms with Crippen LogP contribution in [0.3, 0.4) is 0 Å². The molecule has 0 atom stereocenters. The van der Waals surface area contributed by atoms with E-state index >= 15 is 0 Å². The maximum absolute atomic E-state index is 7.44. The third kappa shape index (κ3) is 4.21. The van der Waals surface area contributed by atoms with E-state index in [-0.39, 0.29) is 11.3 Å². The Morgan fingerprint density at radius 1 is 1.53 bits per heavy atom. The van der Waals surface area contributed by atoms with Crippen molar-refractivity contribution >= 4 is 33.4 Å². The molecule has 0 aliphatic rings. The van der Waals surface area contributed by atoms with Crippen LogP contribution in [-0.4, -0.2) is 12.4 Å². The van der Waals surface area contributed by atoms with E-state index in [1.54, 1.807) is 6.07 Å². The van der Waals surface area contributed by atoms with Crippen molar-refractivity contribution in [2.24, 2.45) is 11.1 Å². The molecule has 0 fully saturated rings. The number of hydrogen-bond acceptors (Lipinski definition) is 2. The molecule has 0 heterocycles. The molecule has 0 radical (unpaired) electrons. The van der Waals surface area contributed by atoms with Gasteiger partial charge in [0.15, 0.2) is 0 Å². The number of rotatable bonds is 5. The molecule has 1 aromatic carbocycles. The van der Waals surface area contributed by atoms with Crippen molar-refractivity contribution in [3.8, 4) is 5.75 Å². The van der Waals surface area contributed by atoms with Gasteiger partial charge in [0, 0.05) is 9.89 Å². The lowest BCUT2D eigenvalue weighted by molar-refractivity contribution is 0.269. The van der Waals surface area contributed by atoms with Gasteiger partial charge in [0.2, 0.25) is 0 Å². The molecule has 5 heteroatoms. The number of nitrogens with one attached hydrogen (secondary N) is 1. The van der Waals surface area contributed by atoms with Crippen LogP contribution in [0.5, 0.6) is 5.75 Å². The summed E-state index contributed by atoms with van der Waals surface area (Å²) in [5, 5.41) is 8.01. The average molecular weight is 320 g/mol. The molecular weight excluding hydrogens is 304 g/mol. The van der Waals surface area contributed by atoms with Crippen LogP contribution in [0.4, 0.5) is 0 Å². The fourth-order valence-electron chi connectivity index (χ4n) is 1.14. The molecule has 94 valence electrons. The average Bonchev–Trinajstić information content (AvgIpc) is 2.21. The molecule has 0 amide bonds. The minimum Gasteiger partial charge on any atom is -0.492 e. The Hall–Kier alpha value is -0.740. The van der Waals surface area contributed by atoms with Gasteiger partial charge in [0.05, 0.1) is 17.5 Å². The van der Waals surface area contributed by atoms with Crippen molar-refractivity contribution in [3.05, 3.63) is 27.7 Å². The van der Waals surface area contributed by atoms with Gasteiger partial charge in [0.25, 0.3) is 0 Å². The summed E-state index contributed by atoms with van der Waals surface area (Å²) in [6.45, 7) is 4.32. The topological polar surface area (TPSA) is 59.1 Å². The van der Waals surface area contributed by atoms with Crippen molar-refractivity contribution in [2.45, 2.75) is 20.3 Å². The van der Waals surface area contributed by atoms with Gasteiger partial charge in [-0.3, -0.25) is 5.41 Å². The summed E-state index contributed by atoms with van der Waals surface area (Å²) in [7, 11) is 0. The van der Waals surface area contributed by atoms with Crippen LogP contribution in [-0.2, 0) is 0 Å². The highest BCUT2D eigenvalue weighted by Gasteiger charge is 2.21. The Bertz CT molecular complexity index is 421. The van der Waals surface area contributed by atoms with Gasteiger partial charge >= 0.3 is 0 Å². The summed E-state index contributed by atoms with van der Waals surface area (Å²) in [6, 6.07) is 5.47. The number of amidine groups is 1. The first-order valence-corrected chi connectivity index (χ1v) is 6.42. The van der Waals surface area contributed by atoms with E-state index in [9.17, 15) is 0 Å². The van der Waals surface area contributed by atoms with E-state index in [4.69, 9.17) is 27.5 Å². The summed E-state index contributed by atoms with van der Waals surface area (Å²) < 4.78 is 6.49. The minimum atomic E-state index is -0.345. The van der Waals surface area contributed by atoms with Crippen LogP contribution in [0.15, 0.2) is 22.7 Å². The van der Waals surface area contributed by atoms with E-state index in [0.717, 1.165) is 4.47 Å². The molecule has 1 rings (SSSR count). The van der Waals surface area contributed by atoms with Crippen LogP contribution in [0, 0.1) is 10.8 Å². The quantitative estimate of drug-likeness (QED) is 0.640. The maximum Gasteiger partial charge on any atom is 0.137 e.